The Bertz CT molecular complexity index is 788. The summed E-state index contributed by atoms with van der Waals surface area (Å²) in [5, 5.41) is 9.25. The van der Waals surface area contributed by atoms with Crippen LogP contribution in [0.3, 0.4) is 0 Å². The van der Waals surface area contributed by atoms with Gasteiger partial charge in [0, 0.05) is 5.92 Å². The smallest absolute Gasteiger partial charge is 0.419 e. The van der Waals surface area contributed by atoms with E-state index in [4.69, 9.17) is 4.74 Å². The molecule has 0 heterocycles. The van der Waals surface area contributed by atoms with E-state index in [0.29, 0.717) is 0 Å². The number of aliphatic carboxylic acids is 1. The maximum absolute atomic E-state index is 12.3. The molecule has 0 atom stereocenters. The van der Waals surface area contributed by atoms with E-state index in [1.807, 2.05) is 36.4 Å². The van der Waals surface area contributed by atoms with E-state index in [-0.39, 0.29) is 12.5 Å². The van der Waals surface area contributed by atoms with E-state index in [1.54, 1.807) is 22.9 Å². The fraction of sp³-hybridized carbons (Fsp3) is 0.263. The Morgan fingerprint density at radius 3 is 2.04 bits per heavy atom. The SMILES string of the molecule is CC(C)(C(=O)O)N(I)C(=O)OCC1c2ccccc2-c2ccccc21. The number of rotatable bonds is 4. The van der Waals surface area contributed by atoms with E-state index < -0.39 is 17.6 Å². The molecule has 0 aromatic heterocycles. The second kappa shape index (κ2) is 6.67. The van der Waals surface area contributed by atoms with Crippen LogP contribution < -0.4 is 0 Å². The molecule has 0 aliphatic heterocycles. The molecule has 0 spiro atoms. The van der Waals surface area contributed by atoms with Gasteiger partial charge in [-0.15, -0.1) is 0 Å². The molecule has 2 aromatic carbocycles. The Kier molecular flexibility index (Phi) is 4.73. The number of nitrogens with zero attached hydrogens (tertiary/aromatic N) is 1. The molecule has 130 valence electrons. The van der Waals surface area contributed by atoms with Gasteiger partial charge in [0.2, 0.25) is 0 Å². The number of amides is 1. The number of carbonyl (C=O) groups is 2. The Balaban J connectivity index is 1.80. The standard InChI is InChI=1S/C19H18INO4/c1-19(2,17(22)23)21(20)18(24)25-11-16-14-9-5-3-7-12(14)13-8-4-6-10-15(13)16/h3-10,16H,11H2,1-2H3,(H,22,23). The largest absolute Gasteiger partial charge is 0.479 e. The van der Waals surface area contributed by atoms with Crippen molar-refractivity contribution in [1.82, 2.24) is 3.11 Å². The third-order valence-corrected chi connectivity index (χ3v) is 6.11. The molecule has 0 saturated carbocycles. The van der Waals surface area contributed by atoms with Gasteiger partial charge in [-0.05, 0) is 36.1 Å². The Morgan fingerprint density at radius 1 is 1.08 bits per heavy atom. The number of carboxylic acids is 1. The van der Waals surface area contributed by atoms with Crippen LogP contribution in [0.25, 0.3) is 11.1 Å². The summed E-state index contributed by atoms with van der Waals surface area (Å²) in [6.45, 7) is 3.09. The number of benzene rings is 2. The summed E-state index contributed by atoms with van der Waals surface area (Å²) in [5.41, 5.74) is 3.19. The van der Waals surface area contributed by atoms with Crippen molar-refractivity contribution in [3.05, 3.63) is 59.7 Å². The van der Waals surface area contributed by atoms with E-state index in [1.165, 1.54) is 13.8 Å². The predicted octanol–water partition coefficient (Wildman–Crippen LogP) is 4.45. The van der Waals surface area contributed by atoms with Crippen LogP contribution in [0.2, 0.25) is 0 Å². The van der Waals surface area contributed by atoms with Gasteiger partial charge in [0.1, 0.15) is 12.1 Å². The summed E-state index contributed by atoms with van der Waals surface area (Å²) in [4.78, 5) is 23.6. The van der Waals surface area contributed by atoms with Crippen molar-refractivity contribution in [2.24, 2.45) is 0 Å². The highest BCUT2D eigenvalue weighted by atomic mass is 127. The molecule has 3 rings (SSSR count). The van der Waals surface area contributed by atoms with Crippen molar-refractivity contribution in [1.29, 1.82) is 0 Å². The first-order chi connectivity index (χ1) is 11.8. The molecular formula is C19H18INO4. The fourth-order valence-corrected chi connectivity index (χ4v) is 3.31. The molecule has 1 N–H and O–H groups in total. The lowest BCUT2D eigenvalue weighted by molar-refractivity contribution is -0.145. The highest BCUT2D eigenvalue weighted by molar-refractivity contribution is 14.1. The maximum atomic E-state index is 12.3. The zero-order chi connectivity index (χ0) is 18.2. The van der Waals surface area contributed by atoms with Crippen molar-refractivity contribution in [2.75, 3.05) is 6.61 Å². The zero-order valence-corrected chi connectivity index (χ0v) is 16.1. The van der Waals surface area contributed by atoms with Gasteiger partial charge in [0.05, 0.1) is 22.9 Å². The quantitative estimate of drug-likeness (QED) is 0.551. The van der Waals surface area contributed by atoms with Gasteiger partial charge >= 0.3 is 12.1 Å². The van der Waals surface area contributed by atoms with Gasteiger partial charge in [-0.3, -0.25) is 0 Å². The number of hydrogen-bond donors (Lipinski definition) is 1. The minimum Gasteiger partial charge on any atom is -0.479 e. The first-order valence-electron chi connectivity index (χ1n) is 7.88. The zero-order valence-electron chi connectivity index (χ0n) is 13.9. The Labute approximate surface area is 160 Å². The minimum absolute atomic E-state index is 0.0471. The number of fused-ring (bicyclic) bond motifs is 3. The lowest BCUT2D eigenvalue weighted by Crippen LogP contribution is -2.47. The first kappa shape index (κ1) is 17.7. The van der Waals surface area contributed by atoms with E-state index in [2.05, 4.69) is 12.1 Å². The van der Waals surface area contributed by atoms with Gasteiger partial charge < -0.3 is 9.84 Å². The molecule has 0 fully saturated rings. The summed E-state index contributed by atoms with van der Waals surface area (Å²) in [5.74, 6) is -1.13. The molecule has 0 unspecified atom stereocenters. The third-order valence-electron chi connectivity index (χ3n) is 4.51. The Morgan fingerprint density at radius 2 is 1.56 bits per heavy atom. The molecule has 1 amide bonds. The van der Waals surface area contributed by atoms with E-state index in [9.17, 15) is 14.7 Å². The summed E-state index contributed by atoms with van der Waals surface area (Å²) in [6.07, 6.45) is -0.658. The van der Waals surface area contributed by atoms with Crippen LogP contribution in [0.4, 0.5) is 4.79 Å². The van der Waals surface area contributed by atoms with Crippen LogP contribution in [-0.2, 0) is 9.53 Å². The summed E-state index contributed by atoms with van der Waals surface area (Å²) < 4.78 is 6.54. The van der Waals surface area contributed by atoms with Crippen molar-refractivity contribution in [3.63, 3.8) is 0 Å². The van der Waals surface area contributed by atoms with Crippen LogP contribution in [0.5, 0.6) is 0 Å². The minimum atomic E-state index is -1.34. The van der Waals surface area contributed by atoms with Crippen LogP contribution in [-0.4, -0.2) is 32.4 Å². The molecule has 5 nitrogen and oxygen atoms in total. The van der Waals surface area contributed by atoms with Gasteiger partial charge in [0.15, 0.2) is 0 Å². The Hall–Kier alpha value is -2.09. The van der Waals surface area contributed by atoms with E-state index in [0.717, 1.165) is 25.4 Å². The van der Waals surface area contributed by atoms with Crippen LogP contribution in [0.15, 0.2) is 48.5 Å². The van der Waals surface area contributed by atoms with Crippen LogP contribution >= 0.6 is 22.9 Å². The molecule has 0 radical (unpaired) electrons. The van der Waals surface area contributed by atoms with Crippen molar-refractivity contribution >= 4 is 34.9 Å². The van der Waals surface area contributed by atoms with Crippen LogP contribution in [0, 0.1) is 0 Å². The van der Waals surface area contributed by atoms with Crippen molar-refractivity contribution < 1.29 is 19.4 Å². The van der Waals surface area contributed by atoms with Gasteiger partial charge in [-0.2, -0.15) is 0 Å². The second-order valence-electron chi connectivity index (χ2n) is 6.45. The second-order valence-corrected chi connectivity index (χ2v) is 7.41. The topological polar surface area (TPSA) is 66.8 Å². The molecule has 1 aliphatic carbocycles. The fourth-order valence-electron chi connectivity index (χ4n) is 2.96. The normalized spacial score (nSPS) is 13.1. The molecule has 0 saturated heterocycles. The van der Waals surface area contributed by atoms with Crippen molar-refractivity contribution in [2.45, 2.75) is 25.3 Å². The summed E-state index contributed by atoms with van der Waals surface area (Å²) in [6, 6.07) is 16.1. The number of carbonyl (C=O) groups excluding carboxylic acids is 1. The van der Waals surface area contributed by atoms with Gasteiger partial charge in [0.25, 0.3) is 0 Å². The molecule has 6 heteroatoms. The molecule has 2 aromatic rings. The first-order valence-corrected chi connectivity index (χ1v) is 8.85. The summed E-state index contributed by atoms with van der Waals surface area (Å²) >= 11 is 1.69. The highest BCUT2D eigenvalue weighted by Gasteiger charge is 2.38. The highest BCUT2D eigenvalue weighted by Crippen LogP contribution is 2.44. The maximum Gasteiger partial charge on any atom is 0.419 e. The van der Waals surface area contributed by atoms with E-state index >= 15 is 0 Å². The predicted molar refractivity (Wildman–Crippen MR) is 103 cm³/mol. The molecule has 1 aliphatic rings. The molecule has 25 heavy (non-hydrogen) atoms. The number of halogens is 1. The third kappa shape index (κ3) is 3.10. The monoisotopic (exact) mass is 451 g/mol. The molecule has 0 bridgehead atoms. The van der Waals surface area contributed by atoms with Crippen LogP contribution in [0.1, 0.15) is 30.9 Å². The van der Waals surface area contributed by atoms with Crippen molar-refractivity contribution in [3.8, 4) is 11.1 Å². The molecular weight excluding hydrogens is 433 g/mol. The number of carboxylic acid groups (broad SMARTS) is 1. The lowest BCUT2D eigenvalue weighted by atomic mass is 9.98. The summed E-state index contributed by atoms with van der Waals surface area (Å²) in [7, 11) is 0. The van der Waals surface area contributed by atoms with Gasteiger partial charge in [-0.1, -0.05) is 48.5 Å². The van der Waals surface area contributed by atoms with Gasteiger partial charge in [-0.25, -0.2) is 12.7 Å². The average molecular weight is 451 g/mol. The lowest BCUT2D eigenvalue weighted by Gasteiger charge is -2.28. The number of hydrogen-bond acceptors (Lipinski definition) is 3. The number of ether oxygens (including phenoxy) is 1. The average Bonchev–Trinajstić information content (AvgIpc) is 2.93.